The summed E-state index contributed by atoms with van der Waals surface area (Å²) < 4.78 is 21.8. The summed E-state index contributed by atoms with van der Waals surface area (Å²) in [6.45, 7) is 0. The second-order valence-electron chi connectivity index (χ2n) is 3.08. The number of rotatable bonds is 4. The monoisotopic (exact) mass is 297 g/mol. The van der Waals surface area contributed by atoms with E-state index >= 15 is 0 Å². The van der Waals surface area contributed by atoms with E-state index in [2.05, 4.69) is 0 Å². The first-order chi connectivity index (χ1) is 7.84. The molecule has 2 aromatic rings. The zero-order valence-corrected chi connectivity index (χ0v) is 10.7. The maximum Gasteiger partial charge on any atom is 0.418 e. The summed E-state index contributed by atoms with van der Waals surface area (Å²) in [5.41, 5.74) is 0. The average molecular weight is 298 g/mol. The smallest absolute Gasteiger partial charge is 0.418 e. The third-order valence-corrected chi connectivity index (χ3v) is 2.69. The normalized spacial score (nSPS) is 9.47. The van der Waals surface area contributed by atoms with Crippen LogP contribution in [0.1, 0.15) is 0 Å². The van der Waals surface area contributed by atoms with Crippen molar-refractivity contribution in [1.82, 2.24) is 0 Å². The fraction of sp³-hybridized carbons (Fsp3) is 0. The van der Waals surface area contributed by atoms with Crippen molar-refractivity contribution in [2.45, 2.75) is 0 Å². The molecule has 0 bridgehead atoms. The van der Waals surface area contributed by atoms with Gasteiger partial charge in [-0.25, -0.2) is 4.57 Å². The molecule has 0 heterocycles. The van der Waals surface area contributed by atoms with E-state index in [-0.39, 0.29) is 17.1 Å². The van der Waals surface area contributed by atoms with Crippen molar-refractivity contribution < 1.29 is 30.7 Å². The Labute approximate surface area is 111 Å². The summed E-state index contributed by atoms with van der Waals surface area (Å²) in [4.78, 5) is 0. The topological polar surface area (TPSA) is 35.5 Å². The molecule has 5 heteroatoms. The SMILES string of the molecule is O=[PH](Oc1ccccc1)Oc1ccccc1.[Cu]. The fourth-order valence-corrected chi connectivity index (χ4v) is 1.89. The van der Waals surface area contributed by atoms with Crippen LogP contribution in [-0.4, -0.2) is 0 Å². The van der Waals surface area contributed by atoms with Gasteiger partial charge in [-0.05, 0) is 24.3 Å². The van der Waals surface area contributed by atoms with Crippen LogP contribution in [0.15, 0.2) is 60.7 Å². The van der Waals surface area contributed by atoms with Crippen molar-refractivity contribution >= 4 is 8.25 Å². The first-order valence-corrected chi connectivity index (χ1v) is 6.07. The van der Waals surface area contributed by atoms with Crippen molar-refractivity contribution in [3.8, 4) is 11.5 Å². The van der Waals surface area contributed by atoms with Crippen molar-refractivity contribution in [3.63, 3.8) is 0 Å². The molecule has 0 saturated carbocycles. The molecule has 2 rings (SSSR count). The predicted molar refractivity (Wildman–Crippen MR) is 63.1 cm³/mol. The Morgan fingerprint density at radius 3 is 1.41 bits per heavy atom. The Hall–Kier alpha value is -1.21. The van der Waals surface area contributed by atoms with E-state index in [1.54, 1.807) is 24.3 Å². The Bertz CT molecular complexity index is 418. The van der Waals surface area contributed by atoms with Crippen LogP contribution in [0.5, 0.6) is 11.5 Å². The van der Waals surface area contributed by atoms with Gasteiger partial charge in [-0.2, -0.15) is 0 Å². The van der Waals surface area contributed by atoms with E-state index in [9.17, 15) is 4.57 Å². The molecule has 3 nitrogen and oxygen atoms in total. The molecule has 0 atom stereocenters. The molecular formula is C12H11CuO3P. The zero-order valence-electron chi connectivity index (χ0n) is 8.80. The van der Waals surface area contributed by atoms with E-state index in [1.807, 2.05) is 36.4 Å². The minimum atomic E-state index is -2.54. The summed E-state index contributed by atoms with van der Waals surface area (Å²) in [7, 11) is -2.54. The van der Waals surface area contributed by atoms with Gasteiger partial charge in [0.15, 0.2) is 0 Å². The maximum atomic E-state index is 11.5. The van der Waals surface area contributed by atoms with Crippen molar-refractivity contribution in [2.75, 3.05) is 0 Å². The van der Waals surface area contributed by atoms with E-state index in [0.717, 1.165) is 0 Å². The van der Waals surface area contributed by atoms with Gasteiger partial charge in [-0.15, -0.1) is 0 Å². The van der Waals surface area contributed by atoms with Gasteiger partial charge >= 0.3 is 8.25 Å². The van der Waals surface area contributed by atoms with Crippen LogP contribution in [0.2, 0.25) is 0 Å². The van der Waals surface area contributed by atoms with E-state index in [4.69, 9.17) is 9.05 Å². The Kier molecular flexibility index (Phi) is 5.85. The third kappa shape index (κ3) is 4.66. The van der Waals surface area contributed by atoms with Gasteiger partial charge in [0.25, 0.3) is 0 Å². The summed E-state index contributed by atoms with van der Waals surface area (Å²) >= 11 is 0. The van der Waals surface area contributed by atoms with Crippen LogP contribution in [0.4, 0.5) is 0 Å². The third-order valence-electron chi connectivity index (χ3n) is 1.89. The summed E-state index contributed by atoms with van der Waals surface area (Å²) in [6.07, 6.45) is 0. The number of benzene rings is 2. The maximum absolute atomic E-state index is 11.5. The summed E-state index contributed by atoms with van der Waals surface area (Å²) in [5.74, 6) is 1.09. The minimum absolute atomic E-state index is 0. The van der Waals surface area contributed by atoms with Crippen molar-refractivity contribution in [2.24, 2.45) is 0 Å². The van der Waals surface area contributed by atoms with E-state index < -0.39 is 8.25 Å². The van der Waals surface area contributed by atoms with E-state index in [0.29, 0.717) is 11.5 Å². The largest absolute Gasteiger partial charge is 0.418 e. The van der Waals surface area contributed by atoms with Crippen LogP contribution in [0, 0.1) is 0 Å². The molecule has 0 saturated heterocycles. The quantitative estimate of drug-likeness (QED) is 0.640. The van der Waals surface area contributed by atoms with Crippen LogP contribution < -0.4 is 9.05 Å². The molecule has 1 radical (unpaired) electrons. The second-order valence-corrected chi connectivity index (χ2v) is 3.99. The van der Waals surface area contributed by atoms with Gasteiger partial charge < -0.3 is 9.05 Å². The van der Waals surface area contributed by atoms with Crippen LogP contribution in [0.25, 0.3) is 0 Å². The predicted octanol–water partition coefficient (Wildman–Crippen LogP) is 3.53. The summed E-state index contributed by atoms with van der Waals surface area (Å²) in [5, 5.41) is 0. The number of hydrogen-bond donors (Lipinski definition) is 0. The van der Waals surface area contributed by atoms with Crippen LogP contribution in [0.3, 0.4) is 0 Å². The van der Waals surface area contributed by atoms with Crippen molar-refractivity contribution in [3.05, 3.63) is 60.7 Å². The molecule has 0 spiro atoms. The molecule has 0 aliphatic carbocycles. The molecule has 0 N–H and O–H groups in total. The van der Waals surface area contributed by atoms with Crippen LogP contribution in [-0.2, 0) is 21.6 Å². The van der Waals surface area contributed by atoms with Gasteiger partial charge in [0, 0.05) is 17.1 Å². The molecule has 0 aliphatic rings. The Balaban J connectivity index is 0.00000144. The molecule has 0 aliphatic heterocycles. The Morgan fingerprint density at radius 1 is 0.706 bits per heavy atom. The van der Waals surface area contributed by atoms with Gasteiger partial charge in [0.05, 0.1) is 0 Å². The molecule has 93 valence electrons. The standard InChI is InChI=1S/C12H11O3P.Cu/c13-16(14-11-7-3-1-4-8-11)15-12-9-5-2-6-10-12;/h1-10,16H;. The fourth-order valence-electron chi connectivity index (χ4n) is 1.19. The molecule has 0 unspecified atom stereocenters. The Morgan fingerprint density at radius 2 is 1.06 bits per heavy atom. The molecular weight excluding hydrogens is 287 g/mol. The van der Waals surface area contributed by atoms with Gasteiger partial charge in [-0.3, -0.25) is 0 Å². The molecule has 0 amide bonds. The summed E-state index contributed by atoms with van der Waals surface area (Å²) in [6, 6.07) is 17.9. The van der Waals surface area contributed by atoms with Crippen molar-refractivity contribution in [1.29, 1.82) is 0 Å². The molecule has 17 heavy (non-hydrogen) atoms. The first-order valence-electron chi connectivity index (χ1n) is 4.84. The van der Waals surface area contributed by atoms with Crippen LogP contribution >= 0.6 is 8.25 Å². The first kappa shape index (κ1) is 13.9. The molecule has 0 aromatic heterocycles. The van der Waals surface area contributed by atoms with Gasteiger partial charge in [0.2, 0.25) is 0 Å². The van der Waals surface area contributed by atoms with E-state index in [1.165, 1.54) is 0 Å². The average Bonchev–Trinajstić information content (AvgIpc) is 2.31. The number of para-hydroxylation sites is 2. The minimum Gasteiger partial charge on any atom is -0.418 e. The number of hydrogen-bond acceptors (Lipinski definition) is 3. The van der Waals surface area contributed by atoms with Gasteiger partial charge in [-0.1, -0.05) is 36.4 Å². The second kappa shape index (κ2) is 7.18. The molecule has 0 fully saturated rings. The van der Waals surface area contributed by atoms with Gasteiger partial charge in [0.1, 0.15) is 11.5 Å². The molecule has 2 aromatic carbocycles. The zero-order chi connectivity index (χ0) is 11.2.